The molecule has 5 heteroatoms. The smallest absolute Gasteiger partial charge is 0.140 e. The van der Waals surface area contributed by atoms with Crippen LogP contribution in [0.15, 0.2) is 12.4 Å². The Hall–Kier alpha value is -0.870. The summed E-state index contributed by atoms with van der Waals surface area (Å²) >= 11 is 7.48. The molecule has 0 unspecified atom stereocenters. The molecule has 0 N–H and O–H groups in total. The van der Waals surface area contributed by atoms with E-state index in [1.54, 1.807) is 17.7 Å². The average molecular weight is 256 g/mol. The Morgan fingerprint density at radius 1 is 1.44 bits per heavy atom. The van der Waals surface area contributed by atoms with Crippen LogP contribution in [0.2, 0.25) is 0 Å². The third-order valence-electron chi connectivity index (χ3n) is 2.49. The second-order valence-corrected chi connectivity index (χ2v) is 5.09. The van der Waals surface area contributed by atoms with Crippen LogP contribution in [-0.2, 0) is 6.42 Å². The largest absolute Gasteiger partial charge is 0.358 e. The molecule has 0 aliphatic rings. The Bertz CT molecular complexity index is 483. The third kappa shape index (κ3) is 2.13. The van der Waals surface area contributed by atoms with E-state index in [4.69, 9.17) is 11.6 Å². The summed E-state index contributed by atoms with van der Waals surface area (Å²) in [5.41, 5.74) is 0. The number of fused-ring (bicyclic) bond motifs is 1. The lowest BCUT2D eigenvalue weighted by molar-refractivity contribution is 0.945. The summed E-state index contributed by atoms with van der Waals surface area (Å²) in [7, 11) is 2.01. The van der Waals surface area contributed by atoms with Crippen molar-refractivity contribution in [1.82, 2.24) is 9.97 Å². The van der Waals surface area contributed by atoms with Gasteiger partial charge in [-0.15, -0.1) is 22.9 Å². The SMILES string of the molecule is CCc1cc2c(N(C)CCCl)ncnc2s1. The van der Waals surface area contributed by atoms with Crippen LogP contribution in [0.3, 0.4) is 0 Å². The van der Waals surface area contributed by atoms with Crippen molar-refractivity contribution in [1.29, 1.82) is 0 Å². The molecule has 0 radical (unpaired) electrons. The van der Waals surface area contributed by atoms with Gasteiger partial charge in [0.25, 0.3) is 0 Å². The predicted octanol–water partition coefficient (Wildman–Crippen LogP) is 2.93. The summed E-state index contributed by atoms with van der Waals surface area (Å²) < 4.78 is 0. The molecule has 2 heterocycles. The van der Waals surface area contributed by atoms with Crippen LogP contribution in [0.5, 0.6) is 0 Å². The molecule has 2 rings (SSSR count). The zero-order chi connectivity index (χ0) is 11.5. The highest BCUT2D eigenvalue weighted by Gasteiger charge is 2.10. The highest BCUT2D eigenvalue weighted by molar-refractivity contribution is 7.18. The van der Waals surface area contributed by atoms with Crippen LogP contribution in [0.1, 0.15) is 11.8 Å². The van der Waals surface area contributed by atoms with Gasteiger partial charge in [-0.05, 0) is 12.5 Å². The molecule has 0 atom stereocenters. The second kappa shape index (κ2) is 4.97. The van der Waals surface area contributed by atoms with E-state index in [-0.39, 0.29) is 0 Å². The van der Waals surface area contributed by atoms with Crippen LogP contribution in [0, 0.1) is 0 Å². The monoisotopic (exact) mass is 255 g/mol. The molecule has 2 aromatic rings. The van der Waals surface area contributed by atoms with Crippen molar-refractivity contribution in [2.24, 2.45) is 0 Å². The van der Waals surface area contributed by atoms with Crippen LogP contribution in [-0.4, -0.2) is 29.4 Å². The zero-order valence-electron chi connectivity index (χ0n) is 9.40. The van der Waals surface area contributed by atoms with Gasteiger partial charge in [0.1, 0.15) is 17.0 Å². The minimum atomic E-state index is 0.604. The van der Waals surface area contributed by atoms with Crippen LogP contribution in [0.4, 0.5) is 5.82 Å². The summed E-state index contributed by atoms with van der Waals surface area (Å²) in [6.07, 6.45) is 2.66. The topological polar surface area (TPSA) is 29.0 Å². The summed E-state index contributed by atoms with van der Waals surface area (Å²) in [4.78, 5) is 13.1. The molecule has 0 aliphatic carbocycles. The molecule has 0 spiro atoms. The van der Waals surface area contributed by atoms with Crippen molar-refractivity contribution in [3.63, 3.8) is 0 Å². The molecule has 0 fully saturated rings. The van der Waals surface area contributed by atoms with Gasteiger partial charge >= 0.3 is 0 Å². The maximum Gasteiger partial charge on any atom is 0.140 e. The van der Waals surface area contributed by atoms with Crippen LogP contribution < -0.4 is 4.90 Å². The Morgan fingerprint density at radius 2 is 2.25 bits per heavy atom. The van der Waals surface area contributed by atoms with Crippen molar-refractivity contribution in [2.75, 3.05) is 24.4 Å². The number of anilines is 1. The maximum atomic E-state index is 5.75. The van der Waals surface area contributed by atoms with Gasteiger partial charge in [-0.25, -0.2) is 9.97 Å². The molecule has 0 aliphatic heterocycles. The van der Waals surface area contributed by atoms with Gasteiger partial charge in [0.05, 0.1) is 5.39 Å². The van der Waals surface area contributed by atoms with Gasteiger partial charge in [0, 0.05) is 24.3 Å². The minimum absolute atomic E-state index is 0.604. The number of hydrogen-bond acceptors (Lipinski definition) is 4. The molecule has 0 bridgehead atoms. The summed E-state index contributed by atoms with van der Waals surface area (Å²) in [5.74, 6) is 1.58. The highest BCUT2D eigenvalue weighted by Crippen LogP contribution is 2.29. The Balaban J connectivity index is 2.47. The lowest BCUT2D eigenvalue weighted by Gasteiger charge is -2.16. The van der Waals surface area contributed by atoms with Gasteiger partial charge in [0.15, 0.2) is 0 Å². The molecular formula is C11H14ClN3S. The molecule has 16 heavy (non-hydrogen) atoms. The summed E-state index contributed by atoms with van der Waals surface area (Å²) in [5, 5.41) is 1.14. The normalized spacial score (nSPS) is 10.9. The number of hydrogen-bond donors (Lipinski definition) is 0. The standard InChI is InChI=1S/C11H14ClN3S/c1-3-8-6-9-10(15(2)5-4-12)13-7-14-11(9)16-8/h6-7H,3-5H2,1-2H3. The first-order chi connectivity index (χ1) is 7.76. The quantitative estimate of drug-likeness (QED) is 0.787. The van der Waals surface area contributed by atoms with Crippen molar-refractivity contribution < 1.29 is 0 Å². The summed E-state index contributed by atoms with van der Waals surface area (Å²) in [6.45, 7) is 2.95. The molecule has 0 amide bonds. The molecule has 2 aromatic heterocycles. The number of thiophene rings is 1. The van der Waals surface area contributed by atoms with E-state index in [0.29, 0.717) is 5.88 Å². The van der Waals surface area contributed by atoms with Gasteiger partial charge in [-0.2, -0.15) is 0 Å². The van der Waals surface area contributed by atoms with E-state index < -0.39 is 0 Å². The van der Waals surface area contributed by atoms with Crippen LogP contribution >= 0.6 is 22.9 Å². The first-order valence-corrected chi connectivity index (χ1v) is 6.62. The maximum absolute atomic E-state index is 5.75. The Labute approximate surface area is 104 Å². The molecule has 3 nitrogen and oxygen atoms in total. The fourth-order valence-corrected chi connectivity index (χ4v) is 2.79. The molecule has 86 valence electrons. The average Bonchev–Trinajstić information content (AvgIpc) is 2.71. The molecular weight excluding hydrogens is 242 g/mol. The first kappa shape index (κ1) is 11.6. The number of nitrogens with zero attached hydrogens (tertiary/aromatic N) is 3. The highest BCUT2D eigenvalue weighted by atomic mass is 35.5. The van der Waals surface area contributed by atoms with Gasteiger partial charge in [-0.3, -0.25) is 0 Å². The lowest BCUT2D eigenvalue weighted by atomic mass is 10.3. The van der Waals surface area contributed by atoms with Gasteiger partial charge < -0.3 is 4.90 Å². The van der Waals surface area contributed by atoms with Crippen molar-refractivity contribution in [3.05, 3.63) is 17.3 Å². The van der Waals surface area contributed by atoms with Crippen molar-refractivity contribution in [2.45, 2.75) is 13.3 Å². The number of alkyl halides is 1. The van der Waals surface area contributed by atoms with E-state index >= 15 is 0 Å². The summed E-state index contributed by atoms with van der Waals surface area (Å²) in [6, 6.07) is 2.18. The predicted molar refractivity (Wildman–Crippen MR) is 70.8 cm³/mol. The molecule has 0 saturated heterocycles. The molecule has 0 saturated carbocycles. The Kier molecular flexibility index (Phi) is 3.61. The number of aromatic nitrogens is 2. The van der Waals surface area contributed by atoms with E-state index in [1.807, 2.05) is 7.05 Å². The first-order valence-electron chi connectivity index (χ1n) is 5.26. The van der Waals surface area contributed by atoms with E-state index in [2.05, 4.69) is 27.9 Å². The minimum Gasteiger partial charge on any atom is -0.358 e. The van der Waals surface area contributed by atoms with Gasteiger partial charge in [0.2, 0.25) is 0 Å². The third-order valence-corrected chi connectivity index (χ3v) is 3.85. The fourth-order valence-electron chi connectivity index (χ4n) is 1.60. The second-order valence-electron chi connectivity index (χ2n) is 3.59. The number of aryl methyl sites for hydroxylation is 1. The van der Waals surface area contributed by atoms with Crippen LogP contribution in [0.25, 0.3) is 10.2 Å². The molecule has 0 aromatic carbocycles. The number of halogens is 1. The van der Waals surface area contributed by atoms with Gasteiger partial charge in [-0.1, -0.05) is 6.92 Å². The number of rotatable bonds is 4. The van der Waals surface area contributed by atoms with E-state index in [0.717, 1.165) is 29.0 Å². The van der Waals surface area contributed by atoms with Crippen molar-refractivity contribution in [3.8, 4) is 0 Å². The van der Waals surface area contributed by atoms with E-state index in [1.165, 1.54) is 4.88 Å². The Morgan fingerprint density at radius 3 is 2.94 bits per heavy atom. The zero-order valence-corrected chi connectivity index (χ0v) is 11.0. The van der Waals surface area contributed by atoms with E-state index in [9.17, 15) is 0 Å². The fraction of sp³-hybridized carbons (Fsp3) is 0.455. The lowest BCUT2D eigenvalue weighted by Crippen LogP contribution is -2.20. The van der Waals surface area contributed by atoms with Crippen molar-refractivity contribution >= 4 is 39.0 Å².